The summed E-state index contributed by atoms with van der Waals surface area (Å²) < 4.78 is 11.9. The third-order valence-electron chi connectivity index (χ3n) is 6.07. The molecule has 1 amide bonds. The lowest BCUT2D eigenvalue weighted by Gasteiger charge is -2.27. The van der Waals surface area contributed by atoms with Crippen molar-refractivity contribution in [1.29, 1.82) is 0 Å². The maximum Gasteiger partial charge on any atom is 0.229 e. The molecule has 9 heteroatoms. The summed E-state index contributed by atoms with van der Waals surface area (Å²) >= 11 is 3.33. The molecular formula is C26H34ClN3O3S2. The smallest absolute Gasteiger partial charge is 0.229 e. The highest BCUT2D eigenvalue weighted by Gasteiger charge is 2.21. The molecule has 0 saturated carbocycles. The van der Waals surface area contributed by atoms with Crippen molar-refractivity contribution in [2.45, 2.75) is 31.6 Å². The molecule has 0 unspecified atom stereocenters. The number of aryl methyl sites for hydroxylation is 2. The Kier molecular flexibility index (Phi) is 10.7. The number of hydrogen-bond donors (Lipinski definition) is 0. The van der Waals surface area contributed by atoms with Crippen LogP contribution in [0.4, 0.5) is 5.13 Å². The molecule has 4 rings (SSSR count). The van der Waals surface area contributed by atoms with Crippen LogP contribution < -0.4 is 9.64 Å². The van der Waals surface area contributed by atoms with Crippen LogP contribution in [0.5, 0.6) is 5.75 Å². The number of methoxy groups -OCH3 is 1. The van der Waals surface area contributed by atoms with Crippen LogP contribution in [0.3, 0.4) is 0 Å². The first-order chi connectivity index (χ1) is 16.5. The fourth-order valence-corrected chi connectivity index (χ4v) is 6.03. The largest absolute Gasteiger partial charge is 0.497 e. The summed E-state index contributed by atoms with van der Waals surface area (Å²) in [5.41, 5.74) is 3.37. The molecule has 1 saturated heterocycles. The SMILES string of the molecule is COc1ccc(SCCC(=O)N(CCCN2CCOCC2)c2nc3c(C)ccc(C)c3s2)cc1.Cl. The number of halogens is 1. The monoisotopic (exact) mass is 535 g/mol. The lowest BCUT2D eigenvalue weighted by Crippen LogP contribution is -2.39. The minimum absolute atomic E-state index is 0. The van der Waals surface area contributed by atoms with Gasteiger partial charge in [-0.3, -0.25) is 14.6 Å². The number of ether oxygens (including phenoxy) is 2. The highest BCUT2D eigenvalue weighted by molar-refractivity contribution is 7.99. The topological polar surface area (TPSA) is 54.9 Å². The van der Waals surface area contributed by atoms with Crippen molar-refractivity contribution in [2.75, 3.05) is 57.2 Å². The molecule has 35 heavy (non-hydrogen) atoms. The number of anilines is 1. The van der Waals surface area contributed by atoms with Gasteiger partial charge in [-0.15, -0.1) is 24.2 Å². The van der Waals surface area contributed by atoms with Gasteiger partial charge >= 0.3 is 0 Å². The van der Waals surface area contributed by atoms with Gasteiger partial charge in [0.2, 0.25) is 5.91 Å². The summed E-state index contributed by atoms with van der Waals surface area (Å²) in [6.45, 7) is 9.36. The summed E-state index contributed by atoms with van der Waals surface area (Å²) in [6.07, 6.45) is 1.40. The lowest BCUT2D eigenvalue weighted by molar-refractivity contribution is -0.118. The van der Waals surface area contributed by atoms with Crippen molar-refractivity contribution in [3.05, 3.63) is 47.5 Å². The van der Waals surface area contributed by atoms with Gasteiger partial charge in [0.15, 0.2) is 5.13 Å². The summed E-state index contributed by atoms with van der Waals surface area (Å²) in [5.74, 6) is 1.71. The second-order valence-electron chi connectivity index (χ2n) is 8.50. The van der Waals surface area contributed by atoms with Crippen LogP contribution in [-0.2, 0) is 9.53 Å². The van der Waals surface area contributed by atoms with Crippen LogP contribution in [0.2, 0.25) is 0 Å². The number of benzene rings is 2. The van der Waals surface area contributed by atoms with Gasteiger partial charge in [-0.25, -0.2) is 4.98 Å². The van der Waals surface area contributed by atoms with Crippen LogP contribution in [-0.4, -0.2) is 68.0 Å². The Labute approximate surface area is 222 Å². The van der Waals surface area contributed by atoms with E-state index < -0.39 is 0 Å². The molecule has 0 N–H and O–H groups in total. The summed E-state index contributed by atoms with van der Waals surface area (Å²) in [4.78, 5) is 23.8. The molecule has 1 aliphatic rings. The van der Waals surface area contributed by atoms with E-state index in [0.29, 0.717) is 13.0 Å². The molecule has 0 spiro atoms. The molecule has 0 bridgehead atoms. The van der Waals surface area contributed by atoms with Crippen molar-refractivity contribution in [2.24, 2.45) is 0 Å². The average Bonchev–Trinajstić information content (AvgIpc) is 3.32. The van der Waals surface area contributed by atoms with Gasteiger partial charge in [-0.1, -0.05) is 23.5 Å². The highest BCUT2D eigenvalue weighted by Crippen LogP contribution is 2.33. The maximum atomic E-state index is 13.4. The fourth-order valence-electron chi connectivity index (χ4n) is 4.03. The Balaban J connectivity index is 0.00000342. The zero-order chi connectivity index (χ0) is 23.9. The van der Waals surface area contributed by atoms with Gasteiger partial charge in [-0.05, 0) is 55.7 Å². The maximum absolute atomic E-state index is 13.4. The number of amides is 1. The van der Waals surface area contributed by atoms with E-state index >= 15 is 0 Å². The summed E-state index contributed by atoms with van der Waals surface area (Å²) in [7, 11) is 1.67. The van der Waals surface area contributed by atoms with E-state index in [9.17, 15) is 4.79 Å². The minimum atomic E-state index is 0. The molecule has 190 valence electrons. The summed E-state index contributed by atoms with van der Waals surface area (Å²) in [5, 5.41) is 0.814. The van der Waals surface area contributed by atoms with E-state index in [4.69, 9.17) is 14.5 Å². The van der Waals surface area contributed by atoms with E-state index in [-0.39, 0.29) is 18.3 Å². The Morgan fingerprint density at radius 3 is 2.54 bits per heavy atom. The van der Waals surface area contributed by atoms with Crippen molar-refractivity contribution in [3.8, 4) is 5.75 Å². The Bertz CT molecular complexity index is 1060. The molecule has 0 aliphatic carbocycles. The van der Waals surface area contributed by atoms with Crippen molar-refractivity contribution in [3.63, 3.8) is 0 Å². The molecule has 3 aromatic rings. The van der Waals surface area contributed by atoms with Crippen molar-refractivity contribution in [1.82, 2.24) is 9.88 Å². The van der Waals surface area contributed by atoms with Gasteiger partial charge in [0.25, 0.3) is 0 Å². The molecule has 1 aromatic heterocycles. The third kappa shape index (κ3) is 7.33. The van der Waals surface area contributed by atoms with Crippen LogP contribution in [0.1, 0.15) is 24.0 Å². The van der Waals surface area contributed by atoms with Crippen LogP contribution in [0.25, 0.3) is 10.2 Å². The molecule has 2 aromatic carbocycles. The third-order valence-corrected chi connectivity index (χ3v) is 8.29. The molecule has 2 heterocycles. The van der Waals surface area contributed by atoms with E-state index in [1.165, 1.54) is 10.3 Å². The van der Waals surface area contributed by atoms with Gasteiger partial charge in [0.05, 0.1) is 30.5 Å². The van der Waals surface area contributed by atoms with Crippen molar-refractivity contribution >= 4 is 56.8 Å². The molecule has 1 aliphatic heterocycles. The Morgan fingerprint density at radius 2 is 1.86 bits per heavy atom. The number of nitrogens with zero attached hydrogens (tertiary/aromatic N) is 3. The number of morpholine rings is 1. The Hall–Kier alpha value is -1.84. The van der Waals surface area contributed by atoms with Gasteiger partial charge in [-0.2, -0.15) is 0 Å². The molecular weight excluding hydrogens is 502 g/mol. The minimum Gasteiger partial charge on any atom is -0.497 e. The molecule has 0 radical (unpaired) electrons. The van der Waals surface area contributed by atoms with Crippen LogP contribution >= 0.6 is 35.5 Å². The number of hydrogen-bond acceptors (Lipinski definition) is 7. The first kappa shape index (κ1) is 27.7. The first-order valence-corrected chi connectivity index (χ1v) is 13.6. The zero-order valence-corrected chi connectivity index (χ0v) is 23.1. The van der Waals surface area contributed by atoms with E-state index in [1.807, 2.05) is 29.2 Å². The van der Waals surface area contributed by atoms with Gasteiger partial charge in [0, 0.05) is 43.2 Å². The fraction of sp³-hybridized carbons (Fsp3) is 0.462. The second-order valence-corrected chi connectivity index (χ2v) is 10.6. The number of fused-ring (bicyclic) bond motifs is 1. The number of carbonyl (C=O) groups is 1. The first-order valence-electron chi connectivity index (χ1n) is 11.8. The number of thioether (sulfide) groups is 1. The molecule has 0 atom stereocenters. The van der Waals surface area contributed by atoms with E-state index in [1.54, 1.807) is 30.2 Å². The van der Waals surface area contributed by atoms with Crippen LogP contribution in [0, 0.1) is 13.8 Å². The predicted molar refractivity (Wildman–Crippen MR) is 149 cm³/mol. The van der Waals surface area contributed by atoms with E-state index in [0.717, 1.165) is 71.9 Å². The molecule has 6 nitrogen and oxygen atoms in total. The lowest BCUT2D eigenvalue weighted by atomic mass is 10.1. The van der Waals surface area contributed by atoms with Crippen LogP contribution in [0.15, 0.2) is 41.3 Å². The number of thiazole rings is 1. The number of carbonyl (C=O) groups excluding carboxylic acids is 1. The highest BCUT2D eigenvalue weighted by atomic mass is 35.5. The predicted octanol–water partition coefficient (Wildman–Crippen LogP) is 5.58. The molecule has 1 fully saturated rings. The normalized spacial score (nSPS) is 14.0. The van der Waals surface area contributed by atoms with E-state index in [2.05, 4.69) is 30.9 Å². The zero-order valence-electron chi connectivity index (χ0n) is 20.6. The Morgan fingerprint density at radius 1 is 1.14 bits per heavy atom. The van der Waals surface area contributed by atoms with Gasteiger partial charge < -0.3 is 9.47 Å². The second kappa shape index (κ2) is 13.5. The van der Waals surface area contributed by atoms with Gasteiger partial charge in [0.1, 0.15) is 5.75 Å². The van der Waals surface area contributed by atoms with Crippen molar-refractivity contribution < 1.29 is 14.3 Å². The summed E-state index contributed by atoms with van der Waals surface area (Å²) in [6, 6.07) is 12.2. The standard InChI is InChI=1S/C26H33N3O3S2.ClH/c1-19-5-6-20(2)25-24(19)27-26(34-25)29(13-4-12-28-14-16-32-17-15-28)23(30)11-18-33-22-9-7-21(31-3)8-10-22;/h5-10H,4,11-18H2,1-3H3;1H. The average molecular weight is 536 g/mol. The quantitative estimate of drug-likeness (QED) is 0.316. The number of aromatic nitrogens is 1. The number of rotatable bonds is 10.